The maximum Gasteiger partial charge on any atom is 0.253 e. The summed E-state index contributed by atoms with van der Waals surface area (Å²) in [4.78, 5) is 20.2. The zero-order chi connectivity index (χ0) is 17.9. The van der Waals surface area contributed by atoms with E-state index >= 15 is 0 Å². The maximum atomic E-state index is 12.8. The van der Waals surface area contributed by atoms with E-state index in [1.54, 1.807) is 42.7 Å². The van der Waals surface area contributed by atoms with Crippen LogP contribution in [0.1, 0.15) is 35.0 Å². The van der Waals surface area contributed by atoms with Gasteiger partial charge in [0.15, 0.2) is 0 Å². The zero-order valence-electron chi connectivity index (χ0n) is 14.4. The van der Waals surface area contributed by atoms with Gasteiger partial charge < -0.3 is 14.2 Å². The van der Waals surface area contributed by atoms with Crippen molar-refractivity contribution in [1.82, 2.24) is 15.0 Å². The average molecular weight is 369 g/mol. The predicted molar refractivity (Wildman–Crippen MR) is 98.5 cm³/mol. The number of piperidine rings is 1. The van der Waals surface area contributed by atoms with Crippen molar-refractivity contribution in [3.8, 4) is 16.5 Å². The Bertz CT molecular complexity index is 874. The van der Waals surface area contributed by atoms with E-state index in [1.807, 2.05) is 22.4 Å². The summed E-state index contributed by atoms with van der Waals surface area (Å²) in [6, 6.07) is 11.1. The molecule has 0 spiro atoms. The number of carbonyl (C=O) groups excluding carboxylic acids is 1. The summed E-state index contributed by atoms with van der Waals surface area (Å²) in [5.41, 5.74) is 0.663. The van der Waals surface area contributed by atoms with Gasteiger partial charge in [0.2, 0.25) is 11.7 Å². The predicted octanol–water partition coefficient (Wildman–Crippen LogP) is 3.83. The number of ether oxygens (including phenoxy) is 1. The third kappa shape index (κ3) is 3.35. The topological polar surface area (TPSA) is 68.5 Å². The van der Waals surface area contributed by atoms with Gasteiger partial charge in [-0.2, -0.15) is 4.98 Å². The van der Waals surface area contributed by atoms with Gasteiger partial charge in [0.05, 0.1) is 17.9 Å². The third-order valence-corrected chi connectivity index (χ3v) is 5.44. The molecular formula is C19H19N3O3S. The van der Waals surface area contributed by atoms with Gasteiger partial charge in [-0.15, -0.1) is 11.3 Å². The molecule has 4 rings (SSSR count). The lowest BCUT2D eigenvalue weighted by Gasteiger charge is -2.31. The smallest absolute Gasteiger partial charge is 0.253 e. The normalized spacial score (nSPS) is 17.3. The van der Waals surface area contributed by atoms with Gasteiger partial charge in [0, 0.05) is 18.7 Å². The molecule has 1 fully saturated rings. The second-order valence-electron chi connectivity index (χ2n) is 6.25. The number of nitrogens with zero attached hydrogens (tertiary/aromatic N) is 3. The molecule has 0 unspecified atom stereocenters. The Morgan fingerprint density at radius 2 is 2.15 bits per heavy atom. The lowest BCUT2D eigenvalue weighted by Crippen LogP contribution is -2.39. The van der Waals surface area contributed by atoms with Gasteiger partial charge in [-0.05, 0) is 48.6 Å². The molecule has 1 aliphatic heterocycles. The molecule has 1 atom stereocenters. The van der Waals surface area contributed by atoms with Crippen molar-refractivity contribution in [3.63, 3.8) is 0 Å². The second-order valence-corrected chi connectivity index (χ2v) is 7.20. The summed E-state index contributed by atoms with van der Waals surface area (Å²) >= 11 is 1.58. The molecule has 0 radical (unpaired) electrons. The van der Waals surface area contributed by atoms with Crippen LogP contribution in [-0.4, -0.2) is 41.1 Å². The molecule has 0 aliphatic carbocycles. The van der Waals surface area contributed by atoms with Gasteiger partial charge in [0.25, 0.3) is 5.91 Å². The van der Waals surface area contributed by atoms with E-state index in [4.69, 9.17) is 9.26 Å². The number of aromatic nitrogens is 2. The minimum absolute atomic E-state index is 0.0235. The number of likely N-dealkylation sites (tertiary alicyclic amines) is 1. The monoisotopic (exact) mass is 369 g/mol. The highest BCUT2D eigenvalue weighted by Crippen LogP contribution is 2.29. The summed E-state index contributed by atoms with van der Waals surface area (Å²) in [5, 5.41) is 6.08. The highest BCUT2D eigenvalue weighted by atomic mass is 32.1. The van der Waals surface area contributed by atoms with Crippen LogP contribution in [-0.2, 0) is 0 Å². The SMILES string of the molecule is COc1ccc(C(=O)N2CCC[C@@H](c3nc(-c4cccs4)no3)C2)cc1. The lowest BCUT2D eigenvalue weighted by atomic mass is 9.97. The molecule has 0 bridgehead atoms. The van der Waals surface area contributed by atoms with Gasteiger partial charge in [-0.25, -0.2) is 0 Å². The van der Waals surface area contributed by atoms with E-state index in [-0.39, 0.29) is 11.8 Å². The third-order valence-electron chi connectivity index (χ3n) is 4.58. The van der Waals surface area contributed by atoms with E-state index in [1.165, 1.54) is 0 Å². The Hall–Kier alpha value is -2.67. The Morgan fingerprint density at radius 3 is 2.88 bits per heavy atom. The lowest BCUT2D eigenvalue weighted by molar-refractivity contribution is 0.0695. The van der Waals surface area contributed by atoms with Crippen LogP contribution in [0.25, 0.3) is 10.7 Å². The second kappa shape index (κ2) is 7.29. The maximum absolute atomic E-state index is 12.8. The molecule has 26 heavy (non-hydrogen) atoms. The first-order valence-electron chi connectivity index (χ1n) is 8.55. The molecule has 1 saturated heterocycles. The average Bonchev–Trinajstić information content (AvgIpc) is 3.39. The standard InChI is InChI=1S/C19H19N3O3S/c1-24-15-8-6-13(7-9-15)19(23)22-10-2-4-14(12-22)18-20-17(21-25-18)16-5-3-11-26-16/h3,5-9,11,14H,2,4,10,12H2,1H3/t14-/m1/s1. The van der Waals surface area contributed by atoms with E-state index in [9.17, 15) is 4.79 Å². The van der Waals surface area contributed by atoms with Crippen molar-refractivity contribution >= 4 is 17.2 Å². The molecule has 7 heteroatoms. The Labute approximate surface area is 155 Å². The van der Waals surface area contributed by atoms with E-state index in [2.05, 4.69) is 10.1 Å². The van der Waals surface area contributed by atoms with Gasteiger partial charge in [0.1, 0.15) is 5.75 Å². The molecule has 3 heterocycles. The number of amides is 1. The van der Waals surface area contributed by atoms with Crippen LogP contribution in [0.5, 0.6) is 5.75 Å². The van der Waals surface area contributed by atoms with E-state index < -0.39 is 0 Å². The molecule has 1 aromatic carbocycles. The molecule has 134 valence electrons. The fraction of sp³-hybridized carbons (Fsp3) is 0.316. The van der Waals surface area contributed by atoms with Crippen LogP contribution >= 0.6 is 11.3 Å². The van der Waals surface area contributed by atoms with E-state index in [0.717, 1.165) is 30.0 Å². The largest absolute Gasteiger partial charge is 0.497 e. The van der Waals surface area contributed by atoms with Gasteiger partial charge in [-0.1, -0.05) is 11.2 Å². The summed E-state index contributed by atoms with van der Waals surface area (Å²) in [7, 11) is 1.61. The first-order valence-corrected chi connectivity index (χ1v) is 9.43. The number of hydrogen-bond donors (Lipinski definition) is 0. The number of hydrogen-bond acceptors (Lipinski definition) is 6. The number of benzene rings is 1. The molecule has 0 saturated carbocycles. The minimum Gasteiger partial charge on any atom is -0.497 e. The van der Waals surface area contributed by atoms with Crippen LogP contribution in [0.2, 0.25) is 0 Å². The first kappa shape index (κ1) is 16.8. The minimum atomic E-state index is 0.0235. The van der Waals surface area contributed by atoms with Crippen molar-refractivity contribution < 1.29 is 14.1 Å². The Kier molecular flexibility index (Phi) is 4.71. The Balaban J connectivity index is 1.47. The molecule has 1 aliphatic rings. The van der Waals surface area contributed by atoms with Crippen LogP contribution in [0.3, 0.4) is 0 Å². The molecular weight excluding hydrogens is 350 g/mol. The van der Waals surface area contributed by atoms with Crippen molar-refractivity contribution in [2.45, 2.75) is 18.8 Å². The van der Waals surface area contributed by atoms with Gasteiger partial charge in [-0.3, -0.25) is 4.79 Å². The highest BCUT2D eigenvalue weighted by Gasteiger charge is 2.29. The molecule has 1 amide bonds. The number of carbonyl (C=O) groups is 1. The molecule has 3 aromatic rings. The van der Waals surface area contributed by atoms with Crippen LogP contribution in [0, 0.1) is 0 Å². The van der Waals surface area contributed by atoms with Crippen molar-refractivity contribution in [2.75, 3.05) is 20.2 Å². The number of rotatable bonds is 4. The van der Waals surface area contributed by atoms with Crippen LogP contribution in [0.15, 0.2) is 46.3 Å². The summed E-state index contributed by atoms with van der Waals surface area (Å²) in [6.45, 7) is 1.34. The molecule has 0 N–H and O–H groups in total. The number of thiophene rings is 1. The fourth-order valence-corrected chi connectivity index (χ4v) is 3.84. The molecule has 6 nitrogen and oxygen atoms in total. The quantitative estimate of drug-likeness (QED) is 0.699. The summed E-state index contributed by atoms with van der Waals surface area (Å²) < 4.78 is 10.6. The highest BCUT2D eigenvalue weighted by molar-refractivity contribution is 7.13. The first-order chi connectivity index (χ1) is 12.7. The van der Waals surface area contributed by atoms with Gasteiger partial charge >= 0.3 is 0 Å². The van der Waals surface area contributed by atoms with Crippen molar-refractivity contribution in [2.24, 2.45) is 0 Å². The van der Waals surface area contributed by atoms with E-state index in [0.29, 0.717) is 23.8 Å². The number of methoxy groups -OCH3 is 1. The Morgan fingerprint density at radius 1 is 1.31 bits per heavy atom. The van der Waals surface area contributed by atoms with Crippen LogP contribution in [0.4, 0.5) is 0 Å². The van der Waals surface area contributed by atoms with Crippen molar-refractivity contribution in [3.05, 3.63) is 53.2 Å². The van der Waals surface area contributed by atoms with Crippen LogP contribution < -0.4 is 4.74 Å². The fourth-order valence-electron chi connectivity index (χ4n) is 3.19. The summed E-state index contributed by atoms with van der Waals surface area (Å²) in [6.07, 6.45) is 1.86. The zero-order valence-corrected chi connectivity index (χ0v) is 15.2. The molecule has 2 aromatic heterocycles. The van der Waals surface area contributed by atoms with Crippen molar-refractivity contribution in [1.29, 1.82) is 0 Å². The summed E-state index contributed by atoms with van der Waals surface area (Å²) in [5.74, 6) is 2.07.